The molecule has 1 aliphatic rings. The van der Waals surface area contributed by atoms with Gasteiger partial charge in [0, 0.05) is 13.1 Å². The van der Waals surface area contributed by atoms with Crippen LogP contribution in [0.3, 0.4) is 0 Å². The Hall–Kier alpha value is -2.60. The predicted molar refractivity (Wildman–Crippen MR) is 102 cm³/mol. The molecule has 1 aliphatic heterocycles. The van der Waals surface area contributed by atoms with E-state index < -0.39 is 0 Å². The standard InChI is InChI=1S/C21H24FN5/c1-21(2,3)27-20(23-24-25-27)19(16-8-10-18(22)11-9-16)26-13-12-15-6-4-5-7-17(15)14-26/h4-11,19H,12-14H2,1-3H3. The van der Waals surface area contributed by atoms with E-state index in [2.05, 4.69) is 65.5 Å². The minimum atomic E-state index is -0.245. The quantitative estimate of drug-likeness (QED) is 0.710. The van der Waals surface area contributed by atoms with Crippen LogP contribution in [0.2, 0.25) is 0 Å². The third-order valence-corrected chi connectivity index (χ3v) is 5.08. The summed E-state index contributed by atoms with van der Waals surface area (Å²) in [6, 6.07) is 15.1. The average molecular weight is 365 g/mol. The van der Waals surface area contributed by atoms with Crippen molar-refractivity contribution in [1.29, 1.82) is 0 Å². The van der Waals surface area contributed by atoms with Gasteiger partial charge in [0.15, 0.2) is 5.82 Å². The Kier molecular flexibility index (Phi) is 4.52. The molecule has 0 amide bonds. The van der Waals surface area contributed by atoms with E-state index in [1.165, 1.54) is 23.3 Å². The first kappa shape index (κ1) is 17.8. The Balaban J connectivity index is 1.78. The van der Waals surface area contributed by atoms with Crippen LogP contribution in [0.25, 0.3) is 0 Å². The summed E-state index contributed by atoms with van der Waals surface area (Å²) in [4.78, 5) is 2.38. The topological polar surface area (TPSA) is 46.8 Å². The van der Waals surface area contributed by atoms with E-state index in [1.54, 1.807) is 0 Å². The second-order valence-electron chi connectivity index (χ2n) is 8.06. The molecule has 5 nitrogen and oxygen atoms in total. The van der Waals surface area contributed by atoms with Crippen LogP contribution in [0.15, 0.2) is 48.5 Å². The van der Waals surface area contributed by atoms with Gasteiger partial charge < -0.3 is 0 Å². The molecule has 0 fully saturated rings. The second kappa shape index (κ2) is 6.85. The molecular weight excluding hydrogens is 341 g/mol. The molecule has 2 heterocycles. The van der Waals surface area contributed by atoms with Crippen molar-refractivity contribution in [3.63, 3.8) is 0 Å². The van der Waals surface area contributed by atoms with Crippen molar-refractivity contribution in [1.82, 2.24) is 25.1 Å². The van der Waals surface area contributed by atoms with E-state index >= 15 is 0 Å². The summed E-state index contributed by atoms with van der Waals surface area (Å²) in [6.45, 7) is 7.96. The van der Waals surface area contributed by atoms with Crippen LogP contribution in [0, 0.1) is 5.82 Å². The molecular formula is C21H24FN5. The molecule has 3 aromatic rings. The van der Waals surface area contributed by atoms with Gasteiger partial charge in [-0.2, -0.15) is 0 Å². The molecule has 1 atom stereocenters. The molecule has 2 aromatic carbocycles. The Morgan fingerprint density at radius 3 is 2.41 bits per heavy atom. The molecule has 6 heteroatoms. The second-order valence-corrected chi connectivity index (χ2v) is 8.06. The number of halogens is 1. The molecule has 0 spiro atoms. The van der Waals surface area contributed by atoms with E-state index in [0.29, 0.717) is 0 Å². The van der Waals surface area contributed by atoms with Crippen LogP contribution < -0.4 is 0 Å². The Morgan fingerprint density at radius 2 is 1.70 bits per heavy atom. The van der Waals surface area contributed by atoms with Gasteiger partial charge in [0.2, 0.25) is 0 Å². The van der Waals surface area contributed by atoms with Crippen LogP contribution >= 0.6 is 0 Å². The number of nitrogens with zero attached hydrogens (tertiary/aromatic N) is 5. The highest BCUT2D eigenvalue weighted by Gasteiger charge is 2.33. The fourth-order valence-corrected chi connectivity index (χ4v) is 3.75. The maximum atomic E-state index is 13.5. The fraction of sp³-hybridized carbons (Fsp3) is 0.381. The van der Waals surface area contributed by atoms with E-state index in [1.807, 2.05) is 16.8 Å². The molecule has 27 heavy (non-hydrogen) atoms. The lowest BCUT2D eigenvalue weighted by atomic mass is 9.95. The number of fused-ring (bicyclic) bond motifs is 1. The number of hydrogen-bond donors (Lipinski definition) is 0. The summed E-state index contributed by atoms with van der Waals surface area (Å²) in [5.41, 5.74) is 3.47. The summed E-state index contributed by atoms with van der Waals surface area (Å²) >= 11 is 0. The molecule has 4 rings (SSSR count). The number of aromatic nitrogens is 4. The highest BCUT2D eigenvalue weighted by atomic mass is 19.1. The van der Waals surface area contributed by atoms with Crippen molar-refractivity contribution in [2.75, 3.05) is 6.54 Å². The average Bonchev–Trinajstić information content (AvgIpc) is 3.13. The van der Waals surface area contributed by atoms with Gasteiger partial charge in [-0.05, 0) is 66.4 Å². The first-order valence-electron chi connectivity index (χ1n) is 9.28. The van der Waals surface area contributed by atoms with Gasteiger partial charge in [0.25, 0.3) is 0 Å². The van der Waals surface area contributed by atoms with Gasteiger partial charge in [-0.1, -0.05) is 36.4 Å². The summed E-state index contributed by atoms with van der Waals surface area (Å²) in [6.07, 6.45) is 0.977. The maximum Gasteiger partial charge on any atom is 0.173 e. The minimum absolute atomic E-state index is 0.131. The third-order valence-electron chi connectivity index (χ3n) is 5.08. The minimum Gasteiger partial charge on any atom is -0.285 e. The van der Waals surface area contributed by atoms with Crippen LogP contribution in [-0.2, 0) is 18.5 Å². The van der Waals surface area contributed by atoms with Crippen molar-refractivity contribution >= 4 is 0 Å². The lowest BCUT2D eigenvalue weighted by Gasteiger charge is -2.36. The van der Waals surface area contributed by atoms with E-state index in [-0.39, 0.29) is 17.4 Å². The van der Waals surface area contributed by atoms with Crippen molar-refractivity contribution in [3.05, 3.63) is 76.9 Å². The number of tetrazole rings is 1. The van der Waals surface area contributed by atoms with Crippen molar-refractivity contribution in [3.8, 4) is 0 Å². The van der Waals surface area contributed by atoms with Crippen LogP contribution in [-0.4, -0.2) is 31.7 Å². The molecule has 1 aromatic heterocycles. The van der Waals surface area contributed by atoms with Crippen molar-refractivity contribution in [2.45, 2.75) is 45.3 Å². The molecule has 0 saturated carbocycles. The van der Waals surface area contributed by atoms with Crippen molar-refractivity contribution < 1.29 is 4.39 Å². The van der Waals surface area contributed by atoms with Gasteiger partial charge in [-0.25, -0.2) is 9.07 Å². The Morgan fingerprint density at radius 1 is 1.00 bits per heavy atom. The van der Waals surface area contributed by atoms with Crippen LogP contribution in [0.1, 0.15) is 49.3 Å². The van der Waals surface area contributed by atoms with E-state index in [4.69, 9.17) is 0 Å². The monoisotopic (exact) mass is 365 g/mol. The zero-order valence-corrected chi connectivity index (χ0v) is 15.9. The third kappa shape index (κ3) is 3.49. The zero-order valence-electron chi connectivity index (χ0n) is 15.9. The summed E-state index contributed by atoms with van der Waals surface area (Å²) in [5, 5.41) is 12.6. The number of rotatable bonds is 3. The summed E-state index contributed by atoms with van der Waals surface area (Å²) < 4.78 is 15.4. The smallest absolute Gasteiger partial charge is 0.173 e. The van der Waals surface area contributed by atoms with Crippen LogP contribution in [0.4, 0.5) is 4.39 Å². The predicted octanol–water partition coefficient (Wildman–Crippen LogP) is 3.71. The van der Waals surface area contributed by atoms with Gasteiger partial charge in [0.05, 0.1) is 11.6 Å². The largest absolute Gasteiger partial charge is 0.285 e. The van der Waals surface area contributed by atoms with E-state index in [0.717, 1.165) is 30.9 Å². The molecule has 140 valence electrons. The molecule has 1 unspecified atom stereocenters. The maximum absolute atomic E-state index is 13.5. The lowest BCUT2D eigenvalue weighted by Crippen LogP contribution is -2.38. The Bertz CT molecular complexity index is 926. The van der Waals surface area contributed by atoms with Gasteiger partial charge in [-0.3, -0.25) is 4.90 Å². The van der Waals surface area contributed by atoms with Crippen LogP contribution in [0.5, 0.6) is 0 Å². The highest BCUT2D eigenvalue weighted by molar-refractivity contribution is 5.32. The number of hydrogen-bond acceptors (Lipinski definition) is 4. The Labute approximate surface area is 158 Å². The molecule has 0 aliphatic carbocycles. The molecule has 0 radical (unpaired) electrons. The fourth-order valence-electron chi connectivity index (χ4n) is 3.75. The SMILES string of the molecule is CC(C)(C)n1nnnc1C(c1ccc(F)cc1)N1CCc2ccccc2C1. The van der Waals surface area contributed by atoms with Gasteiger partial charge in [0.1, 0.15) is 5.82 Å². The molecule has 0 bridgehead atoms. The zero-order chi connectivity index (χ0) is 19.0. The molecule has 0 N–H and O–H groups in total. The van der Waals surface area contributed by atoms with Crippen molar-refractivity contribution in [2.24, 2.45) is 0 Å². The summed E-state index contributed by atoms with van der Waals surface area (Å²) in [7, 11) is 0. The normalized spacial score (nSPS) is 16.1. The first-order valence-corrected chi connectivity index (χ1v) is 9.28. The lowest BCUT2D eigenvalue weighted by molar-refractivity contribution is 0.185. The van der Waals surface area contributed by atoms with Gasteiger partial charge >= 0.3 is 0 Å². The first-order chi connectivity index (χ1) is 12.9. The molecule has 0 saturated heterocycles. The van der Waals surface area contributed by atoms with E-state index in [9.17, 15) is 4.39 Å². The summed E-state index contributed by atoms with van der Waals surface area (Å²) in [5.74, 6) is 0.547. The number of benzene rings is 2. The van der Waals surface area contributed by atoms with Gasteiger partial charge in [-0.15, -0.1) is 5.10 Å². The highest BCUT2D eigenvalue weighted by Crippen LogP contribution is 2.33.